The summed E-state index contributed by atoms with van der Waals surface area (Å²) in [5, 5.41) is 9.77. The van der Waals surface area contributed by atoms with Crippen molar-refractivity contribution in [3.8, 4) is 11.6 Å². The molecule has 1 aromatic carbocycles. The molecule has 0 aliphatic rings. The van der Waals surface area contributed by atoms with Crippen molar-refractivity contribution < 1.29 is 14.3 Å². The zero-order valence-corrected chi connectivity index (χ0v) is 11.4. The summed E-state index contributed by atoms with van der Waals surface area (Å²) in [7, 11) is 1.69. The van der Waals surface area contributed by atoms with Crippen LogP contribution in [0.1, 0.15) is 0 Å². The normalized spacial score (nSPS) is 10.7. The SMILES string of the molecule is CN(CC(=O)O)c1nc(-c2ccco2)nc2ccccc12. The summed E-state index contributed by atoms with van der Waals surface area (Å²) in [6, 6.07) is 11.0. The second-order valence-electron chi connectivity index (χ2n) is 4.62. The third-order valence-corrected chi connectivity index (χ3v) is 3.06. The van der Waals surface area contributed by atoms with Gasteiger partial charge in [0.25, 0.3) is 0 Å². The van der Waals surface area contributed by atoms with E-state index in [1.807, 2.05) is 24.3 Å². The van der Waals surface area contributed by atoms with Crippen LogP contribution in [0.15, 0.2) is 47.1 Å². The van der Waals surface area contributed by atoms with Crippen molar-refractivity contribution in [2.45, 2.75) is 0 Å². The Morgan fingerprint density at radius 3 is 2.76 bits per heavy atom. The minimum Gasteiger partial charge on any atom is -0.480 e. The molecule has 0 radical (unpaired) electrons. The molecule has 2 heterocycles. The molecule has 3 rings (SSSR count). The van der Waals surface area contributed by atoms with E-state index >= 15 is 0 Å². The third-order valence-electron chi connectivity index (χ3n) is 3.06. The molecule has 0 aliphatic carbocycles. The Bertz CT molecular complexity index is 784. The Labute approximate surface area is 120 Å². The van der Waals surface area contributed by atoms with E-state index in [4.69, 9.17) is 9.52 Å². The molecule has 0 aliphatic heterocycles. The van der Waals surface area contributed by atoms with Gasteiger partial charge in [0.2, 0.25) is 0 Å². The number of fused-ring (bicyclic) bond motifs is 1. The predicted octanol–water partition coefficient (Wildman–Crippen LogP) is 2.41. The number of carbonyl (C=O) groups is 1. The summed E-state index contributed by atoms with van der Waals surface area (Å²) >= 11 is 0. The van der Waals surface area contributed by atoms with Crippen LogP contribution in [-0.2, 0) is 4.79 Å². The first-order valence-electron chi connectivity index (χ1n) is 6.39. The number of para-hydroxylation sites is 1. The average Bonchev–Trinajstić information content (AvgIpc) is 2.99. The van der Waals surface area contributed by atoms with Gasteiger partial charge < -0.3 is 14.4 Å². The molecule has 3 aromatic rings. The lowest BCUT2D eigenvalue weighted by Gasteiger charge is -2.18. The van der Waals surface area contributed by atoms with E-state index in [1.165, 1.54) is 0 Å². The zero-order chi connectivity index (χ0) is 14.8. The first-order chi connectivity index (χ1) is 10.1. The minimum atomic E-state index is -0.917. The first kappa shape index (κ1) is 13.1. The average molecular weight is 283 g/mol. The molecular weight excluding hydrogens is 270 g/mol. The molecule has 1 N–H and O–H groups in total. The van der Waals surface area contributed by atoms with Gasteiger partial charge in [-0.3, -0.25) is 4.79 Å². The molecular formula is C15H13N3O3. The Morgan fingerprint density at radius 2 is 2.05 bits per heavy atom. The van der Waals surface area contributed by atoms with Crippen LogP contribution in [0.5, 0.6) is 0 Å². The summed E-state index contributed by atoms with van der Waals surface area (Å²) in [6.07, 6.45) is 1.55. The van der Waals surface area contributed by atoms with E-state index in [2.05, 4.69) is 9.97 Å². The van der Waals surface area contributed by atoms with Crippen LogP contribution in [0.3, 0.4) is 0 Å². The Morgan fingerprint density at radius 1 is 1.24 bits per heavy atom. The minimum absolute atomic E-state index is 0.140. The topological polar surface area (TPSA) is 79.5 Å². The van der Waals surface area contributed by atoms with Gasteiger partial charge in [0, 0.05) is 12.4 Å². The van der Waals surface area contributed by atoms with Crippen LogP contribution in [0, 0.1) is 0 Å². The summed E-state index contributed by atoms with van der Waals surface area (Å²) < 4.78 is 5.32. The number of anilines is 1. The molecule has 0 unspecified atom stereocenters. The molecule has 2 aromatic heterocycles. The summed E-state index contributed by atoms with van der Waals surface area (Å²) in [4.78, 5) is 21.4. The van der Waals surface area contributed by atoms with E-state index in [0.29, 0.717) is 17.4 Å². The van der Waals surface area contributed by atoms with Crippen molar-refractivity contribution in [1.29, 1.82) is 0 Å². The van der Waals surface area contributed by atoms with Gasteiger partial charge in [-0.25, -0.2) is 9.97 Å². The fourth-order valence-electron chi connectivity index (χ4n) is 2.14. The van der Waals surface area contributed by atoms with E-state index in [0.717, 1.165) is 10.9 Å². The number of furan rings is 1. The van der Waals surface area contributed by atoms with Gasteiger partial charge in [0.15, 0.2) is 11.6 Å². The highest BCUT2D eigenvalue weighted by Crippen LogP contribution is 2.26. The molecule has 0 amide bonds. The van der Waals surface area contributed by atoms with Crippen LogP contribution in [0.4, 0.5) is 5.82 Å². The number of carboxylic acid groups (broad SMARTS) is 1. The lowest BCUT2D eigenvalue weighted by molar-refractivity contribution is -0.135. The number of nitrogens with zero attached hydrogens (tertiary/aromatic N) is 3. The molecule has 0 fully saturated rings. The van der Waals surface area contributed by atoms with E-state index in [-0.39, 0.29) is 6.54 Å². The second-order valence-corrected chi connectivity index (χ2v) is 4.62. The Hall–Kier alpha value is -2.89. The number of rotatable bonds is 4. The fourth-order valence-corrected chi connectivity index (χ4v) is 2.14. The van der Waals surface area contributed by atoms with E-state index in [1.54, 1.807) is 30.3 Å². The van der Waals surface area contributed by atoms with E-state index in [9.17, 15) is 4.79 Å². The van der Waals surface area contributed by atoms with Gasteiger partial charge in [-0.1, -0.05) is 12.1 Å². The molecule has 6 heteroatoms. The molecule has 0 bridgehead atoms. The molecule has 106 valence electrons. The Kier molecular flexibility index (Phi) is 3.27. The van der Waals surface area contributed by atoms with Gasteiger partial charge >= 0.3 is 5.97 Å². The predicted molar refractivity (Wildman–Crippen MR) is 78.1 cm³/mol. The number of benzene rings is 1. The van der Waals surface area contributed by atoms with Crippen LogP contribution < -0.4 is 4.90 Å². The first-order valence-corrected chi connectivity index (χ1v) is 6.39. The lowest BCUT2D eigenvalue weighted by atomic mass is 10.2. The van der Waals surface area contributed by atoms with Crippen molar-refractivity contribution in [2.24, 2.45) is 0 Å². The highest BCUT2D eigenvalue weighted by Gasteiger charge is 2.15. The summed E-state index contributed by atoms with van der Waals surface area (Å²) in [5.41, 5.74) is 0.742. The zero-order valence-electron chi connectivity index (χ0n) is 11.4. The largest absolute Gasteiger partial charge is 0.480 e. The monoisotopic (exact) mass is 283 g/mol. The number of hydrogen-bond acceptors (Lipinski definition) is 5. The van der Waals surface area contributed by atoms with Gasteiger partial charge in [-0.05, 0) is 24.3 Å². The van der Waals surface area contributed by atoms with Gasteiger partial charge in [-0.2, -0.15) is 0 Å². The van der Waals surface area contributed by atoms with Crippen LogP contribution >= 0.6 is 0 Å². The summed E-state index contributed by atoms with van der Waals surface area (Å²) in [6.45, 7) is -0.140. The highest BCUT2D eigenvalue weighted by molar-refractivity contribution is 5.91. The molecule has 0 spiro atoms. The number of hydrogen-bond donors (Lipinski definition) is 1. The van der Waals surface area contributed by atoms with Gasteiger partial charge in [0.1, 0.15) is 12.4 Å². The standard InChI is InChI=1S/C15H13N3O3/c1-18(9-13(19)20)15-10-5-2-3-6-11(10)16-14(17-15)12-7-4-8-21-12/h2-8H,9H2,1H3,(H,19,20). The Balaban J connectivity index is 2.18. The smallest absolute Gasteiger partial charge is 0.323 e. The molecule has 21 heavy (non-hydrogen) atoms. The van der Waals surface area contributed by atoms with Crippen LogP contribution in [-0.4, -0.2) is 34.6 Å². The molecule has 0 atom stereocenters. The van der Waals surface area contributed by atoms with Crippen molar-refractivity contribution in [1.82, 2.24) is 9.97 Å². The van der Waals surface area contributed by atoms with Crippen LogP contribution in [0.25, 0.3) is 22.5 Å². The number of aliphatic carboxylic acids is 1. The molecule has 0 saturated heterocycles. The van der Waals surface area contributed by atoms with Crippen molar-refractivity contribution in [3.63, 3.8) is 0 Å². The fraction of sp³-hybridized carbons (Fsp3) is 0.133. The summed E-state index contributed by atoms with van der Waals surface area (Å²) in [5.74, 6) is 0.630. The maximum Gasteiger partial charge on any atom is 0.323 e. The lowest BCUT2D eigenvalue weighted by Crippen LogP contribution is -2.26. The number of carboxylic acids is 1. The van der Waals surface area contributed by atoms with Gasteiger partial charge in [0.05, 0.1) is 11.8 Å². The van der Waals surface area contributed by atoms with Crippen LogP contribution in [0.2, 0.25) is 0 Å². The van der Waals surface area contributed by atoms with E-state index < -0.39 is 5.97 Å². The maximum absolute atomic E-state index is 10.9. The second kappa shape index (κ2) is 5.24. The molecule has 6 nitrogen and oxygen atoms in total. The molecule has 0 saturated carbocycles. The highest BCUT2D eigenvalue weighted by atomic mass is 16.4. The van der Waals surface area contributed by atoms with Crippen molar-refractivity contribution in [2.75, 3.05) is 18.5 Å². The van der Waals surface area contributed by atoms with Crippen molar-refractivity contribution >= 4 is 22.7 Å². The van der Waals surface area contributed by atoms with Crippen molar-refractivity contribution in [3.05, 3.63) is 42.7 Å². The quantitative estimate of drug-likeness (QED) is 0.792. The number of aromatic nitrogens is 2. The number of likely N-dealkylation sites (N-methyl/N-ethyl adjacent to an activating group) is 1. The van der Waals surface area contributed by atoms with Gasteiger partial charge in [-0.15, -0.1) is 0 Å². The third kappa shape index (κ3) is 2.55. The maximum atomic E-state index is 10.9.